The van der Waals surface area contributed by atoms with Crippen LogP contribution in [0.1, 0.15) is 49.9 Å². The van der Waals surface area contributed by atoms with Gasteiger partial charge in [-0.05, 0) is 62.7 Å². The normalized spacial score (nSPS) is 16.5. The number of benzene rings is 5. The van der Waals surface area contributed by atoms with E-state index in [1.807, 2.05) is 0 Å². The van der Waals surface area contributed by atoms with Crippen molar-refractivity contribution in [3.05, 3.63) is 113 Å². The molecule has 37 heavy (non-hydrogen) atoms. The van der Waals surface area contributed by atoms with Gasteiger partial charge in [-0.2, -0.15) is 0 Å². The lowest BCUT2D eigenvalue weighted by Gasteiger charge is -2.25. The Bertz CT molecular complexity index is 2130. The van der Waals surface area contributed by atoms with Crippen LogP contribution in [0.3, 0.4) is 0 Å². The van der Waals surface area contributed by atoms with Crippen LogP contribution in [0.5, 0.6) is 0 Å². The first-order chi connectivity index (χ1) is 17.9. The van der Waals surface area contributed by atoms with Crippen LogP contribution in [0.25, 0.3) is 60.3 Å². The van der Waals surface area contributed by atoms with Crippen LogP contribution >= 0.6 is 0 Å². The van der Waals surface area contributed by atoms with E-state index in [1.54, 1.807) is 0 Å². The Labute approximate surface area is 216 Å². The van der Waals surface area contributed by atoms with Gasteiger partial charge in [-0.1, -0.05) is 100 Å². The SMILES string of the molecule is CC1(C)c2ccccc2-c2ccc3c(c21)c1c2c(cc4c5ccccc5n3c41)-c1ccccc1C2(C)C. The molecule has 0 saturated carbocycles. The number of nitrogens with zero attached hydrogens (tertiary/aromatic N) is 1. The lowest BCUT2D eigenvalue weighted by molar-refractivity contribution is 0.663. The van der Waals surface area contributed by atoms with Crippen molar-refractivity contribution >= 4 is 38.1 Å². The third-order valence-corrected chi connectivity index (χ3v) is 9.66. The maximum absolute atomic E-state index is 2.56. The van der Waals surface area contributed by atoms with Gasteiger partial charge in [-0.3, -0.25) is 0 Å². The second kappa shape index (κ2) is 6.06. The number of rotatable bonds is 0. The quantitative estimate of drug-likeness (QED) is 0.207. The second-order valence-corrected chi connectivity index (χ2v) is 12.1. The zero-order valence-corrected chi connectivity index (χ0v) is 21.6. The van der Waals surface area contributed by atoms with E-state index >= 15 is 0 Å². The average molecular weight is 474 g/mol. The fraction of sp³-hybridized carbons (Fsp3) is 0.167. The van der Waals surface area contributed by atoms with Gasteiger partial charge in [0.05, 0.1) is 16.6 Å². The van der Waals surface area contributed by atoms with E-state index in [4.69, 9.17) is 0 Å². The summed E-state index contributed by atoms with van der Waals surface area (Å²) in [5, 5.41) is 5.62. The fourth-order valence-electron chi connectivity index (χ4n) is 8.18. The van der Waals surface area contributed by atoms with Gasteiger partial charge < -0.3 is 4.40 Å². The Morgan fingerprint density at radius 1 is 0.486 bits per heavy atom. The van der Waals surface area contributed by atoms with E-state index in [9.17, 15) is 0 Å². The van der Waals surface area contributed by atoms with Crippen molar-refractivity contribution < 1.29 is 0 Å². The van der Waals surface area contributed by atoms with Crippen molar-refractivity contribution in [3.63, 3.8) is 0 Å². The van der Waals surface area contributed by atoms with Crippen LogP contribution in [-0.2, 0) is 10.8 Å². The van der Waals surface area contributed by atoms with E-state index in [0.717, 1.165) is 0 Å². The molecule has 0 unspecified atom stereocenters. The molecule has 5 aromatic carbocycles. The van der Waals surface area contributed by atoms with Gasteiger partial charge in [0.15, 0.2) is 0 Å². The van der Waals surface area contributed by atoms with E-state index in [2.05, 4.69) is 123 Å². The Morgan fingerprint density at radius 3 is 1.81 bits per heavy atom. The van der Waals surface area contributed by atoms with Gasteiger partial charge in [0.1, 0.15) is 0 Å². The summed E-state index contributed by atoms with van der Waals surface area (Å²) in [6, 6.07) is 34.3. The van der Waals surface area contributed by atoms with Crippen molar-refractivity contribution in [1.29, 1.82) is 0 Å². The molecule has 0 amide bonds. The monoisotopic (exact) mass is 473 g/mol. The minimum atomic E-state index is -0.0728. The predicted octanol–water partition coefficient (Wildman–Crippen LogP) is 9.45. The highest BCUT2D eigenvalue weighted by atomic mass is 14.9. The van der Waals surface area contributed by atoms with Crippen LogP contribution in [0.4, 0.5) is 0 Å². The maximum atomic E-state index is 2.56. The van der Waals surface area contributed by atoms with Gasteiger partial charge in [0, 0.05) is 32.4 Å². The van der Waals surface area contributed by atoms with E-state index < -0.39 is 0 Å². The molecule has 0 bridgehead atoms. The van der Waals surface area contributed by atoms with Crippen molar-refractivity contribution in [2.75, 3.05) is 0 Å². The molecule has 7 aromatic rings. The molecule has 2 aliphatic carbocycles. The van der Waals surface area contributed by atoms with E-state index in [0.29, 0.717) is 0 Å². The number of hydrogen-bond acceptors (Lipinski definition) is 0. The zero-order chi connectivity index (χ0) is 24.8. The predicted molar refractivity (Wildman–Crippen MR) is 156 cm³/mol. The number of para-hydroxylation sites is 1. The molecule has 1 heteroatoms. The van der Waals surface area contributed by atoms with Crippen LogP contribution in [0.15, 0.2) is 91.0 Å². The van der Waals surface area contributed by atoms with Gasteiger partial charge >= 0.3 is 0 Å². The minimum Gasteiger partial charge on any atom is -0.308 e. The topological polar surface area (TPSA) is 4.41 Å². The lowest BCUT2D eigenvalue weighted by Crippen LogP contribution is -2.17. The smallest absolute Gasteiger partial charge is 0.0624 e. The first-order valence-corrected chi connectivity index (χ1v) is 13.4. The van der Waals surface area contributed by atoms with Gasteiger partial charge in [-0.15, -0.1) is 0 Å². The highest BCUT2D eigenvalue weighted by Crippen LogP contribution is 2.59. The molecule has 0 spiro atoms. The Balaban J connectivity index is 1.61. The van der Waals surface area contributed by atoms with Gasteiger partial charge in [0.2, 0.25) is 0 Å². The largest absolute Gasteiger partial charge is 0.308 e. The molecule has 1 nitrogen and oxygen atoms in total. The summed E-state index contributed by atoms with van der Waals surface area (Å²) in [6.45, 7) is 9.69. The standard InChI is InChI=1S/C36H27N/c1-35(2)26-14-8-5-11-20(26)23-17-18-29-30(32(23)35)31-33-24(21-12-6-9-15-27(21)36(33,3)4)19-25-22-13-7-10-16-28(22)37(29)34(25)31/h5-19H,1-4H3. The third-order valence-electron chi connectivity index (χ3n) is 9.66. The number of hydrogen-bond donors (Lipinski definition) is 0. The van der Waals surface area contributed by atoms with Gasteiger partial charge in [0.25, 0.3) is 0 Å². The first-order valence-electron chi connectivity index (χ1n) is 13.4. The summed E-state index contributed by atoms with van der Waals surface area (Å²) in [6.07, 6.45) is 0. The first kappa shape index (κ1) is 20.0. The Morgan fingerprint density at radius 2 is 1.08 bits per heavy atom. The summed E-state index contributed by atoms with van der Waals surface area (Å²) in [5.74, 6) is 0. The molecule has 0 fully saturated rings. The number of aromatic nitrogens is 1. The Hall–Kier alpha value is -4.10. The molecule has 0 saturated heterocycles. The summed E-state index contributed by atoms with van der Waals surface area (Å²) in [5.41, 5.74) is 15.3. The van der Waals surface area contributed by atoms with Gasteiger partial charge in [-0.25, -0.2) is 0 Å². The molecular formula is C36H27N. The summed E-state index contributed by atoms with van der Waals surface area (Å²) in [4.78, 5) is 0. The lowest BCUT2D eigenvalue weighted by atomic mass is 9.77. The molecule has 0 aliphatic heterocycles. The molecule has 0 N–H and O–H groups in total. The summed E-state index contributed by atoms with van der Waals surface area (Å²) >= 11 is 0. The average Bonchev–Trinajstić information content (AvgIpc) is 3.56. The molecule has 9 rings (SSSR count). The van der Waals surface area contributed by atoms with Crippen LogP contribution in [0.2, 0.25) is 0 Å². The van der Waals surface area contributed by atoms with Crippen LogP contribution < -0.4 is 0 Å². The minimum absolute atomic E-state index is 0.0677. The molecule has 0 radical (unpaired) electrons. The summed E-state index contributed by atoms with van der Waals surface area (Å²) < 4.78 is 2.56. The van der Waals surface area contributed by atoms with Crippen molar-refractivity contribution in [3.8, 4) is 22.3 Å². The third kappa shape index (κ3) is 2.05. The van der Waals surface area contributed by atoms with Crippen molar-refractivity contribution in [2.45, 2.75) is 38.5 Å². The Kier molecular flexibility index (Phi) is 3.28. The fourth-order valence-corrected chi connectivity index (χ4v) is 8.18. The van der Waals surface area contributed by atoms with E-state index in [1.165, 1.54) is 82.6 Å². The second-order valence-electron chi connectivity index (χ2n) is 12.1. The van der Waals surface area contributed by atoms with E-state index in [-0.39, 0.29) is 10.8 Å². The number of fused-ring (bicyclic) bond motifs is 14. The zero-order valence-electron chi connectivity index (χ0n) is 21.6. The summed E-state index contributed by atoms with van der Waals surface area (Å²) in [7, 11) is 0. The molecular weight excluding hydrogens is 446 g/mol. The van der Waals surface area contributed by atoms with Crippen LogP contribution in [0, 0.1) is 0 Å². The highest BCUT2D eigenvalue weighted by molar-refractivity contribution is 6.28. The maximum Gasteiger partial charge on any atom is 0.0624 e. The molecule has 2 aromatic heterocycles. The molecule has 2 aliphatic rings. The molecule has 176 valence electrons. The molecule has 2 heterocycles. The van der Waals surface area contributed by atoms with Crippen LogP contribution in [-0.4, -0.2) is 4.40 Å². The molecule has 0 atom stereocenters. The van der Waals surface area contributed by atoms with Crippen molar-refractivity contribution in [1.82, 2.24) is 4.40 Å². The van der Waals surface area contributed by atoms with Crippen molar-refractivity contribution in [2.24, 2.45) is 0 Å². The highest BCUT2D eigenvalue weighted by Gasteiger charge is 2.42.